The Hall–Kier alpha value is -3.17. The van der Waals surface area contributed by atoms with Gasteiger partial charge in [-0.2, -0.15) is 0 Å². The molecule has 1 aliphatic carbocycles. The van der Waals surface area contributed by atoms with Gasteiger partial charge in [-0.1, -0.05) is 39.4 Å². The fourth-order valence-electron chi connectivity index (χ4n) is 4.85. The summed E-state index contributed by atoms with van der Waals surface area (Å²) in [7, 11) is 3.14. The lowest BCUT2D eigenvalue weighted by molar-refractivity contribution is -0.116. The Balaban J connectivity index is 1.61. The SMILES string of the molecule is COc1cccc([C@@H]2C(C(=O)Nc3nc4ccc(Br)cc4s3)=C(C)NC3=C2C(=O)CCC3)c1OC. The van der Waals surface area contributed by atoms with E-state index < -0.39 is 5.92 Å². The number of hydrogen-bond acceptors (Lipinski definition) is 7. The number of hydrogen-bond donors (Lipinski definition) is 2. The highest BCUT2D eigenvalue weighted by atomic mass is 79.9. The Kier molecular flexibility index (Phi) is 6.37. The maximum Gasteiger partial charge on any atom is 0.256 e. The third kappa shape index (κ3) is 4.23. The molecule has 0 saturated carbocycles. The molecular weight excluding hydrogens is 530 g/mol. The van der Waals surface area contributed by atoms with Gasteiger partial charge in [0.05, 0.1) is 30.4 Å². The number of nitrogens with one attached hydrogen (secondary N) is 2. The van der Waals surface area contributed by atoms with E-state index >= 15 is 0 Å². The molecule has 0 saturated heterocycles. The maximum atomic E-state index is 13.8. The van der Waals surface area contributed by atoms with E-state index in [9.17, 15) is 9.59 Å². The molecule has 1 aliphatic heterocycles. The van der Waals surface area contributed by atoms with Gasteiger partial charge in [0.2, 0.25) is 0 Å². The number of para-hydroxylation sites is 1. The molecule has 2 aliphatic rings. The summed E-state index contributed by atoms with van der Waals surface area (Å²) < 4.78 is 13.1. The molecule has 3 aromatic rings. The van der Waals surface area contributed by atoms with Gasteiger partial charge in [-0.15, -0.1) is 0 Å². The number of halogens is 1. The van der Waals surface area contributed by atoms with Crippen LogP contribution in [0.15, 0.2) is 63.4 Å². The van der Waals surface area contributed by atoms with Crippen molar-refractivity contribution in [3.05, 3.63) is 69.0 Å². The van der Waals surface area contributed by atoms with Crippen molar-refractivity contribution in [2.24, 2.45) is 0 Å². The Morgan fingerprint density at radius 2 is 2.03 bits per heavy atom. The number of carbonyl (C=O) groups excluding carboxylic acids is 2. The Morgan fingerprint density at radius 1 is 1.20 bits per heavy atom. The van der Waals surface area contributed by atoms with Crippen molar-refractivity contribution >= 4 is 54.3 Å². The highest BCUT2D eigenvalue weighted by Gasteiger charge is 2.40. The zero-order valence-corrected chi connectivity index (χ0v) is 21.9. The van der Waals surface area contributed by atoms with Gasteiger partial charge in [0, 0.05) is 39.0 Å². The van der Waals surface area contributed by atoms with E-state index in [2.05, 4.69) is 31.5 Å². The van der Waals surface area contributed by atoms with Gasteiger partial charge in [-0.05, 0) is 44.0 Å². The van der Waals surface area contributed by atoms with Gasteiger partial charge in [0.15, 0.2) is 22.4 Å². The van der Waals surface area contributed by atoms with Gasteiger partial charge < -0.3 is 14.8 Å². The predicted octanol–water partition coefficient (Wildman–Crippen LogP) is 5.68. The molecule has 0 spiro atoms. The molecule has 7 nitrogen and oxygen atoms in total. The highest BCUT2D eigenvalue weighted by Crippen LogP contribution is 2.47. The summed E-state index contributed by atoms with van der Waals surface area (Å²) in [4.78, 5) is 31.6. The van der Waals surface area contributed by atoms with Crippen LogP contribution in [0.3, 0.4) is 0 Å². The number of anilines is 1. The molecular formula is C26H24BrN3O4S. The monoisotopic (exact) mass is 553 g/mol. The molecule has 0 bridgehead atoms. The van der Waals surface area contributed by atoms with Crippen molar-refractivity contribution in [2.45, 2.75) is 32.1 Å². The van der Waals surface area contributed by atoms with Gasteiger partial charge in [-0.25, -0.2) is 4.98 Å². The smallest absolute Gasteiger partial charge is 0.256 e. The summed E-state index contributed by atoms with van der Waals surface area (Å²) >= 11 is 4.88. The third-order valence-electron chi connectivity index (χ3n) is 6.34. The zero-order valence-electron chi connectivity index (χ0n) is 19.5. The van der Waals surface area contributed by atoms with Crippen LogP contribution in [0, 0.1) is 0 Å². The topological polar surface area (TPSA) is 89.5 Å². The number of nitrogens with zero attached hydrogens (tertiary/aromatic N) is 1. The number of aromatic nitrogens is 1. The molecule has 2 heterocycles. The van der Waals surface area contributed by atoms with E-state index in [0.717, 1.165) is 33.2 Å². The minimum Gasteiger partial charge on any atom is -0.493 e. The van der Waals surface area contributed by atoms with Crippen molar-refractivity contribution in [3.63, 3.8) is 0 Å². The number of benzene rings is 2. The molecule has 2 aromatic carbocycles. The van der Waals surface area contributed by atoms with Crippen molar-refractivity contribution in [2.75, 3.05) is 19.5 Å². The van der Waals surface area contributed by atoms with Gasteiger partial charge in [0.25, 0.3) is 5.91 Å². The first-order valence-electron chi connectivity index (χ1n) is 11.2. The van der Waals surface area contributed by atoms with E-state index in [-0.39, 0.29) is 11.7 Å². The molecule has 0 radical (unpaired) electrons. The molecule has 1 amide bonds. The van der Waals surface area contributed by atoms with Crippen molar-refractivity contribution in [1.82, 2.24) is 10.3 Å². The number of ketones is 1. The summed E-state index contributed by atoms with van der Waals surface area (Å²) in [5.41, 5.74) is 4.18. The number of rotatable bonds is 5. The van der Waals surface area contributed by atoms with E-state index in [4.69, 9.17) is 9.47 Å². The van der Waals surface area contributed by atoms with Crippen molar-refractivity contribution < 1.29 is 19.1 Å². The molecule has 1 aromatic heterocycles. The van der Waals surface area contributed by atoms with Crippen LogP contribution in [0.4, 0.5) is 5.13 Å². The molecule has 0 fully saturated rings. The quantitative estimate of drug-likeness (QED) is 0.422. The van der Waals surface area contributed by atoms with Crippen molar-refractivity contribution in [3.8, 4) is 11.5 Å². The minimum absolute atomic E-state index is 0.0382. The molecule has 9 heteroatoms. The lowest BCUT2D eigenvalue weighted by Gasteiger charge is -2.35. The lowest BCUT2D eigenvalue weighted by Crippen LogP contribution is -2.35. The van der Waals surface area contributed by atoms with Gasteiger partial charge in [-0.3, -0.25) is 14.9 Å². The molecule has 5 rings (SSSR count). The summed E-state index contributed by atoms with van der Waals surface area (Å²) in [6.45, 7) is 1.87. The minimum atomic E-state index is -0.590. The largest absolute Gasteiger partial charge is 0.493 e. The summed E-state index contributed by atoms with van der Waals surface area (Å²) in [6.07, 6.45) is 1.98. The lowest BCUT2D eigenvalue weighted by atomic mass is 9.74. The fourth-order valence-corrected chi connectivity index (χ4v) is 6.26. The van der Waals surface area contributed by atoms with Crippen LogP contribution >= 0.6 is 27.3 Å². The predicted molar refractivity (Wildman–Crippen MR) is 140 cm³/mol. The van der Waals surface area contributed by atoms with E-state index in [1.54, 1.807) is 20.3 Å². The number of fused-ring (bicyclic) bond motifs is 1. The Morgan fingerprint density at radius 3 is 2.80 bits per heavy atom. The van der Waals surface area contributed by atoms with Crippen molar-refractivity contribution in [1.29, 1.82) is 0 Å². The highest BCUT2D eigenvalue weighted by molar-refractivity contribution is 9.10. The molecule has 180 valence electrons. The molecule has 0 unspecified atom stereocenters. The first-order chi connectivity index (χ1) is 16.9. The van der Waals surface area contributed by atoms with Crippen LogP contribution in [0.5, 0.6) is 11.5 Å². The second-order valence-corrected chi connectivity index (χ2v) is 10.4. The summed E-state index contributed by atoms with van der Waals surface area (Å²) in [5.74, 6) is 0.190. The van der Waals surface area contributed by atoms with E-state index in [1.165, 1.54) is 11.3 Å². The Labute approximate surface area is 215 Å². The first kappa shape index (κ1) is 23.6. The van der Waals surface area contributed by atoms with Crippen LogP contribution in [-0.4, -0.2) is 30.9 Å². The number of ether oxygens (including phenoxy) is 2. The number of methoxy groups -OCH3 is 2. The molecule has 1 atom stereocenters. The number of carbonyl (C=O) groups is 2. The van der Waals surface area contributed by atoms with Crippen LogP contribution in [0.2, 0.25) is 0 Å². The number of thiazole rings is 1. The number of dihydropyridines is 1. The number of amides is 1. The Bertz CT molecular complexity index is 1430. The number of allylic oxidation sites excluding steroid dienone is 3. The average Bonchev–Trinajstić information content (AvgIpc) is 3.23. The van der Waals surface area contributed by atoms with E-state index in [1.807, 2.05) is 37.3 Å². The molecule has 2 N–H and O–H groups in total. The van der Waals surface area contributed by atoms with Crippen LogP contribution in [0.1, 0.15) is 37.7 Å². The first-order valence-corrected chi connectivity index (χ1v) is 12.8. The zero-order chi connectivity index (χ0) is 24.7. The maximum absolute atomic E-state index is 13.8. The second kappa shape index (κ2) is 9.47. The van der Waals surface area contributed by atoms with Crippen LogP contribution < -0.4 is 20.1 Å². The number of Topliss-reactive ketones (excluding diaryl/α,β-unsaturated/α-hetero) is 1. The third-order valence-corrected chi connectivity index (χ3v) is 7.76. The fraction of sp³-hybridized carbons (Fsp3) is 0.269. The normalized spacial score (nSPS) is 17.8. The average molecular weight is 554 g/mol. The van der Waals surface area contributed by atoms with E-state index in [0.29, 0.717) is 45.5 Å². The summed E-state index contributed by atoms with van der Waals surface area (Å²) in [5, 5.41) is 6.82. The second-order valence-electron chi connectivity index (χ2n) is 8.43. The van der Waals surface area contributed by atoms with Gasteiger partial charge in [0.1, 0.15) is 0 Å². The summed E-state index contributed by atoms with van der Waals surface area (Å²) in [6, 6.07) is 11.3. The molecule has 35 heavy (non-hydrogen) atoms. The van der Waals surface area contributed by atoms with Crippen LogP contribution in [0.25, 0.3) is 10.2 Å². The standard InChI is InChI=1S/C26H24BrN3O4S/c1-13-21(25(32)30-26-29-16-11-10-14(27)12-20(16)35-26)22(23-17(28-13)7-5-8-18(23)31)15-6-4-9-19(33-2)24(15)34-3/h4,6,9-12,22,28H,5,7-8H2,1-3H3,(H,29,30,32)/t22-/m1/s1. The van der Waals surface area contributed by atoms with Gasteiger partial charge >= 0.3 is 0 Å². The van der Waals surface area contributed by atoms with Crippen LogP contribution in [-0.2, 0) is 9.59 Å².